The van der Waals surface area contributed by atoms with E-state index in [0.29, 0.717) is 11.5 Å². The molecular weight excluding hydrogens is 456 g/mol. The SMILES string of the molecule is CC(=O)/C=C/C(=O)O.CC(=O)c1ccco1.CCCCCCCC(C)=O.COC(=O)/C=C/C(C)=O. The van der Waals surface area contributed by atoms with Crippen molar-refractivity contribution in [3.05, 3.63) is 48.5 Å². The number of unbranched alkanes of at least 4 members (excludes halogenated alkanes) is 4. The van der Waals surface area contributed by atoms with Gasteiger partial charge in [-0.25, -0.2) is 9.59 Å². The largest absolute Gasteiger partial charge is 0.478 e. The second-order valence-corrected chi connectivity index (χ2v) is 7.15. The van der Waals surface area contributed by atoms with E-state index in [0.717, 1.165) is 37.1 Å². The quantitative estimate of drug-likeness (QED) is 0.196. The Kier molecular flexibility index (Phi) is 25.7. The maximum absolute atomic E-state index is 10.5. The van der Waals surface area contributed by atoms with E-state index in [9.17, 15) is 28.8 Å². The van der Waals surface area contributed by atoms with E-state index in [1.165, 1.54) is 59.8 Å². The fourth-order valence-corrected chi connectivity index (χ4v) is 1.90. The predicted molar refractivity (Wildman–Crippen MR) is 132 cm³/mol. The number of carbonyl (C=O) groups excluding carboxylic acids is 5. The highest BCUT2D eigenvalue weighted by atomic mass is 16.5. The number of hydrogen-bond donors (Lipinski definition) is 1. The molecule has 1 rings (SSSR count). The van der Waals surface area contributed by atoms with Crippen LogP contribution in [0.3, 0.4) is 0 Å². The molecule has 9 nitrogen and oxygen atoms in total. The summed E-state index contributed by atoms with van der Waals surface area (Å²) in [5.41, 5.74) is 0. The van der Waals surface area contributed by atoms with E-state index in [1.807, 2.05) is 0 Å². The van der Waals surface area contributed by atoms with Crippen LogP contribution in [0.25, 0.3) is 0 Å². The molecule has 0 spiro atoms. The summed E-state index contributed by atoms with van der Waals surface area (Å²) >= 11 is 0. The Hall–Kier alpha value is -3.62. The zero-order valence-corrected chi connectivity index (χ0v) is 21.5. The Labute approximate surface area is 207 Å². The number of esters is 1. The van der Waals surface area contributed by atoms with Gasteiger partial charge in [-0.15, -0.1) is 0 Å². The Balaban J connectivity index is -0.000000391. The smallest absolute Gasteiger partial charge is 0.330 e. The molecular formula is C26H38O9. The maximum atomic E-state index is 10.5. The Morgan fingerprint density at radius 1 is 0.857 bits per heavy atom. The Bertz CT molecular complexity index is 800. The highest BCUT2D eigenvalue weighted by molar-refractivity contribution is 5.94. The van der Waals surface area contributed by atoms with Gasteiger partial charge in [0.2, 0.25) is 0 Å². The second-order valence-electron chi connectivity index (χ2n) is 7.15. The van der Waals surface area contributed by atoms with Gasteiger partial charge in [0.1, 0.15) is 5.78 Å². The van der Waals surface area contributed by atoms with Crippen molar-refractivity contribution >= 4 is 35.1 Å². The van der Waals surface area contributed by atoms with Crippen LogP contribution in [0.2, 0.25) is 0 Å². The molecule has 0 radical (unpaired) electrons. The fraction of sp³-hybridized carbons (Fsp3) is 0.462. The topological polar surface area (TPSA) is 145 Å². The number of aliphatic carboxylic acids is 1. The molecule has 1 aromatic rings. The number of methoxy groups -OCH3 is 1. The fourth-order valence-electron chi connectivity index (χ4n) is 1.90. The third kappa shape index (κ3) is 35.2. The lowest BCUT2D eigenvalue weighted by molar-refractivity contribution is -0.135. The highest BCUT2D eigenvalue weighted by Gasteiger charge is 1.97. The van der Waals surface area contributed by atoms with Crippen molar-refractivity contribution < 1.29 is 43.0 Å². The molecule has 0 aliphatic heterocycles. The first-order valence-electron chi connectivity index (χ1n) is 11.1. The summed E-state index contributed by atoms with van der Waals surface area (Å²) in [6.07, 6.45) is 12.5. The van der Waals surface area contributed by atoms with Crippen LogP contribution in [0.15, 0.2) is 47.1 Å². The zero-order chi connectivity index (χ0) is 27.6. The number of allylic oxidation sites excluding steroid dienone is 2. The van der Waals surface area contributed by atoms with Crippen LogP contribution in [-0.2, 0) is 28.7 Å². The zero-order valence-electron chi connectivity index (χ0n) is 21.5. The van der Waals surface area contributed by atoms with Crippen molar-refractivity contribution in [2.24, 2.45) is 0 Å². The van der Waals surface area contributed by atoms with E-state index in [2.05, 4.69) is 11.7 Å². The molecule has 9 heteroatoms. The molecule has 196 valence electrons. The third-order valence-corrected chi connectivity index (χ3v) is 3.62. The van der Waals surface area contributed by atoms with Crippen molar-refractivity contribution in [3.63, 3.8) is 0 Å². The number of carboxylic acid groups (broad SMARTS) is 1. The van der Waals surface area contributed by atoms with Crippen LogP contribution in [0.5, 0.6) is 0 Å². The summed E-state index contributed by atoms with van der Waals surface area (Å²) in [6.45, 7) is 7.99. The van der Waals surface area contributed by atoms with Crippen molar-refractivity contribution in [1.82, 2.24) is 0 Å². The van der Waals surface area contributed by atoms with Gasteiger partial charge in [-0.2, -0.15) is 0 Å². The number of ether oxygens (including phenoxy) is 1. The van der Waals surface area contributed by atoms with Crippen molar-refractivity contribution in [2.45, 2.75) is 73.1 Å². The molecule has 1 N–H and O–H groups in total. The number of furan rings is 1. The van der Waals surface area contributed by atoms with Crippen LogP contribution in [0.1, 0.15) is 83.7 Å². The standard InChI is InChI=1S/C9H18O.C6H8O3.C6H6O2.C5H6O3/c1-3-4-5-6-7-8-9(2)10;1-5(7)3-4-6(8)9-2;1-5(7)6-3-2-4-8-6;1-4(6)2-3-5(7)8/h3-8H2,1-2H3;3-4H,1-2H3;2-4H,1H3;2-3H,1H3,(H,7,8)/b;4-3+;;3-2+. The number of rotatable bonds is 11. The molecule has 0 aromatic carbocycles. The molecule has 0 aliphatic rings. The molecule has 0 bridgehead atoms. The van der Waals surface area contributed by atoms with Crippen LogP contribution in [0, 0.1) is 0 Å². The summed E-state index contributed by atoms with van der Waals surface area (Å²) in [4.78, 5) is 61.0. The highest BCUT2D eigenvalue weighted by Crippen LogP contribution is 2.04. The monoisotopic (exact) mass is 494 g/mol. The lowest BCUT2D eigenvalue weighted by Crippen LogP contribution is -1.95. The Morgan fingerprint density at radius 3 is 1.71 bits per heavy atom. The molecule has 1 aromatic heterocycles. The molecule has 0 unspecified atom stereocenters. The molecule has 0 amide bonds. The average Bonchev–Trinajstić information content (AvgIpc) is 3.32. The van der Waals surface area contributed by atoms with Crippen LogP contribution in [0.4, 0.5) is 0 Å². The van der Waals surface area contributed by atoms with Crippen molar-refractivity contribution in [2.75, 3.05) is 7.11 Å². The average molecular weight is 495 g/mol. The lowest BCUT2D eigenvalue weighted by atomic mass is 10.1. The van der Waals surface area contributed by atoms with E-state index < -0.39 is 11.9 Å². The molecule has 0 fully saturated rings. The minimum atomic E-state index is -1.10. The van der Waals surface area contributed by atoms with E-state index in [1.54, 1.807) is 19.1 Å². The number of carboxylic acids is 1. The van der Waals surface area contributed by atoms with Crippen LogP contribution in [-0.4, -0.2) is 47.3 Å². The number of Topliss-reactive ketones (excluding diaryl/α,β-unsaturated/α-hetero) is 2. The summed E-state index contributed by atoms with van der Waals surface area (Å²) in [7, 11) is 1.26. The van der Waals surface area contributed by atoms with Gasteiger partial charge in [-0.1, -0.05) is 32.6 Å². The molecule has 0 atom stereocenters. The van der Waals surface area contributed by atoms with Gasteiger partial charge in [0.15, 0.2) is 23.1 Å². The van der Waals surface area contributed by atoms with Gasteiger partial charge in [0, 0.05) is 25.5 Å². The number of ketones is 4. The molecule has 0 saturated carbocycles. The molecule has 0 saturated heterocycles. The Morgan fingerprint density at radius 2 is 1.40 bits per heavy atom. The summed E-state index contributed by atoms with van der Waals surface area (Å²) in [6, 6.07) is 3.33. The van der Waals surface area contributed by atoms with Crippen molar-refractivity contribution in [1.29, 1.82) is 0 Å². The van der Waals surface area contributed by atoms with E-state index in [4.69, 9.17) is 9.52 Å². The van der Waals surface area contributed by atoms with Gasteiger partial charge in [0.05, 0.1) is 13.4 Å². The van der Waals surface area contributed by atoms with Gasteiger partial charge < -0.3 is 19.1 Å². The first-order valence-corrected chi connectivity index (χ1v) is 11.1. The molecule has 0 aliphatic carbocycles. The van der Waals surface area contributed by atoms with Gasteiger partial charge in [-0.05, 0) is 51.5 Å². The minimum Gasteiger partial charge on any atom is -0.478 e. The predicted octanol–water partition coefficient (Wildman–Crippen LogP) is 4.94. The van der Waals surface area contributed by atoms with E-state index in [-0.39, 0.29) is 17.3 Å². The maximum Gasteiger partial charge on any atom is 0.330 e. The lowest BCUT2D eigenvalue weighted by Gasteiger charge is -1.95. The van der Waals surface area contributed by atoms with Gasteiger partial charge in [-0.3, -0.25) is 14.4 Å². The normalized spacial score (nSPS) is 9.54. The molecule has 35 heavy (non-hydrogen) atoms. The second kappa shape index (κ2) is 25.0. The first-order chi connectivity index (χ1) is 16.4. The van der Waals surface area contributed by atoms with Gasteiger partial charge >= 0.3 is 11.9 Å². The summed E-state index contributed by atoms with van der Waals surface area (Å²) < 4.78 is 8.97. The van der Waals surface area contributed by atoms with E-state index >= 15 is 0 Å². The van der Waals surface area contributed by atoms with Crippen LogP contribution >= 0.6 is 0 Å². The van der Waals surface area contributed by atoms with Gasteiger partial charge in [0.25, 0.3) is 0 Å². The minimum absolute atomic E-state index is 0.0324. The summed E-state index contributed by atoms with van der Waals surface area (Å²) in [5, 5.41) is 7.92. The van der Waals surface area contributed by atoms with Crippen LogP contribution < -0.4 is 0 Å². The molecule has 1 heterocycles. The van der Waals surface area contributed by atoms with Crippen molar-refractivity contribution in [3.8, 4) is 0 Å². The number of carbonyl (C=O) groups is 6. The third-order valence-electron chi connectivity index (χ3n) is 3.62. The number of hydrogen-bond acceptors (Lipinski definition) is 8. The first kappa shape index (κ1) is 36.0. The summed E-state index contributed by atoms with van der Waals surface area (Å²) in [5.74, 6) is -1.31.